The molecule has 166 valence electrons. The highest BCUT2D eigenvalue weighted by atomic mass is 19.3. The Balaban J connectivity index is 1.37. The van der Waals surface area contributed by atoms with Gasteiger partial charge in [-0.15, -0.1) is 0 Å². The first-order valence-electron chi connectivity index (χ1n) is 10.4. The topological polar surface area (TPSA) is 68.2 Å². The number of benzene rings is 1. The van der Waals surface area contributed by atoms with E-state index in [1.165, 1.54) is 12.4 Å². The monoisotopic (exact) mass is 438 g/mol. The number of amides is 1. The van der Waals surface area contributed by atoms with Crippen LogP contribution in [0, 0.1) is 5.92 Å². The molecule has 32 heavy (non-hydrogen) atoms. The molecule has 1 fully saturated rings. The van der Waals surface area contributed by atoms with Crippen LogP contribution in [0.5, 0.6) is 5.88 Å². The van der Waals surface area contributed by atoms with Gasteiger partial charge in [-0.2, -0.15) is 8.78 Å². The highest BCUT2D eigenvalue weighted by Gasteiger charge is 2.47. The molecule has 0 N–H and O–H groups in total. The lowest BCUT2D eigenvalue weighted by Gasteiger charge is -2.24. The van der Waals surface area contributed by atoms with Crippen LogP contribution in [0.1, 0.15) is 36.7 Å². The second-order valence-electron chi connectivity index (χ2n) is 8.04. The molecule has 1 aliphatic carbocycles. The molecule has 1 saturated carbocycles. The summed E-state index contributed by atoms with van der Waals surface area (Å²) in [4.78, 5) is 27.6. The largest absolute Gasteiger partial charge is 0.470 e. The lowest BCUT2D eigenvalue weighted by Crippen LogP contribution is -2.31. The summed E-state index contributed by atoms with van der Waals surface area (Å²) in [7, 11) is 1.73. The van der Waals surface area contributed by atoms with E-state index in [1.807, 2.05) is 43.3 Å². The van der Waals surface area contributed by atoms with E-state index < -0.39 is 12.5 Å². The van der Waals surface area contributed by atoms with Gasteiger partial charge in [-0.1, -0.05) is 30.8 Å². The number of para-hydroxylation sites is 1. The number of rotatable bonds is 8. The molecule has 0 saturated heterocycles. The third kappa shape index (κ3) is 4.59. The lowest BCUT2D eigenvalue weighted by molar-refractivity contribution is -0.133. The Kier molecular flexibility index (Phi) is 5.86. The molecule has 3 aromatic rings. The zero-order valence-electron chi connectivity index (χ0n) is 17.9. The van der Waals surface area contributed by atoms with Crippen molar-refractivity contribution in [2.75, 3.05) is 13.7 Å². The molecule has 3 atom stereocenters. The summed E-state index contributed by atoms with van der Waals surface area (Å²) in [5, 5.41) is 1.07. The molecular weight excluding hydrogens is 414 g/mol. The Labute approximate surface area is 185 Å². The highest BCUT2D eigenvalue weighted by Crippen LogP contribution is 2.48. The Morgan fingerprint density at radius 3 is 2.78 bits per heavy atom. The van der Waals surface area contributed by atoms with Crippen molar-refractivity contribution in [2.45, 2.75) is 31.2 Å². The van der Waals surface area contributed by atoms with Gasteiger partial charge < -0.3 is 9.64 Å². The predicted molar refractivity (Wildman–Crippen MR) is 116 cm³/mol. The second-order valence-corrected chi connectivity index (χ2v) is 8.04. The summed E-state index contributed by atoms with van der Waals surface area (Å²) in [5.74, 6) is -3.14. The molecule has 2 heterocycles. The Hall–Kier alpha value is -3.42. The first-order valence-corrected chi connectivity index (χ1v) is 10.4. The number of carbonyl (C=O) groups excluding carboxylic acids is 1. The van der Waals surface area contributed by atoms with E-state index in [-0.39, 0.29) is 29.7 Å². The summed E-state index contributed by atoms with van der Waals surface area (Å²) in [5.41, 5.74) is 2.40. The Bertz CT molecular complexity index is 1140. The van der Waals surface area contributed by atoms with Gasteiger partial charge in [-0.25, -0.2) is 4.98 Å². The number of alkyl halides is 2. The van der Waals surface area contributed by atoms with Crippen LogP contribution in [0.4, 0.5) is 8.78 Å². The standard InChI is InChI=1S/C24H24F2N4O2/c1-4-24(25,26)14-32-22-13-27-21(12-28-22)15(2)30(3)23(31)18-11-17(18)20-10-9-16-7-5-6-8-19(16)29-20/h4-10,12-13,15,17-18H,1,11,14H2,2-3H3. The van der Waals surface area contributed by atoms with Crippen molar-refractivity contribution in [3.8, 4) is 5.88 Å². The molecule has 1 aromatic carbocycles. The average molecular weight is 438 g/mol. The van der Waals surface area contributed by atoms with Gasteiger partial charge in [0.25, 0.3) is 5.92 Å². The van der Waals surface area contributed by atoms with Crippen LogP contribution in [0.3, 0.4) is 0 Å². The molecule has 1 amide bonds. The fraction of sp³-hybridized carbons (Fsp3) is 0.333. The highest BCUT2D eigenvalue weighted by molar-refractivity contribution is 5.84. The second kappa shape index (κ2) is 8.61. The molecule has 3 unspecified atom stereocenters. The molecule has 4 rings (SSSR count). The van der Waals surface area contributed by atoms with Crippen molar-refractivity contribution in [1.29, 1.82) is 0 Å². The zero-order chi connectivity index (χ0) is 22.9. The van der Waals surface area contributed by atoms with Gasteiger partial charge in [-0.05, 0) is 31.6 Å². The van der Waals surface area contributed by atoms with Crippen molar-refractivity contribution >= 4 is 16.8 Å². The van der Waals surface area contributed by atoms with Gasteiger partial charge in [0, 0.05) is 30.0 Å². The normalized spacial score (nSPS) is 18.8. The Morgan fingerprint density at radius 2 is 2.06 bits per heavy atom. The molecular formula is C24H24F2N4O2. The minimum atomic E-state index is -3.14. The molecule has 8 heteroatoms. The summed E-state index contributed by atoms with van der Waals surface area (Å²) in [6.45, 7) is 4.06. The van der Waals surface area contributed by atoms with Gasteiger partial charge in [0.2, 0.25) is 11.8 Å². The molecule has 2 aromatic heterocycles. The van der Waals surface area contributed by atoms with Crippen molar-refractivity contribution in [3.63, 3.8) is 0 Å². The maximum Gasteiger partial charge on any atom is 0.299 e. The predicted octanol–water partition coefficient (Wildman–Crippen LogP) is 4.55. The summed E-state index contributed by atoms with van der Waals surface area (Å²) in [6, 6.07) is 11.6. The third-order valence-corrected chi connectivity index (χ3v) is 5.82. The van der Waals surface area contributed by atoms with Crippen molar-refractivity contribution < 1.29 is 18.3 Å². The minimum Gasteiger partial charge on any atom is -0.470 e. The average Bonchev–Trinajstić information content (AvgIpc) is 3.62. The summed E-state index contributed by atoms with van der Waals surface area (Å²) >= 11 is 0. The SMILES string of the molecule is C=CC(F)(F)COc1cnc(C(C)N(C)C(=O)C2CC2c2ccc3ccccc3n2)cn1. The van der Waals surface area contributed by atoms with E-state index in [4.69, 9.17) is 9.72 Å². The molecule has 6 nitrogen and oxygen atoms in total. The Morgan fingerprint density at radius 1 is 1.28 bits per heavy atom. The maximum absolute atomic E-state index is 13.2. The minimum absolute atomic E-state index is 0.0129. The fourth-order valence-electron chi connectivity index (χ4n) is 3.58. The zero-order valence-corrected chi connectivity index (χ0v) is 17.9. The summed E-state index contributed by atoms with van der Waals surface area (Å²) < 4.78 is 31.4. The van der Waals surface area contributed by atoms with Crippen LogP contribution in [-0.4, -0.2) is 45.3 Å². The van der Waals surface area contributed by atoms with Crippen LogP contribution in [0.15, 0.2) is 61.4 Å². The van der Waals surface area contributed by atoms with Crippen molar-refractivity contribution in [1.82, 2.24) is 19.9 Å². The van der Waals surface area contributed by atoms with Gasteiger partial charge in [-0.3, -0.25) is 14.8 Å². The number of nitrogens with zero attached hydrogens (tertiary/aromatic N) is 4. The quantitative estimate of drug-likeness (QED) is 0.483. The van der Waals surface area contributed by atoms with Gasteiger partial charge in [0.15, 0.2) is 6.61 Å². The molecule has 0 spiro atoms. The fourth-order valence-corrected chi connectivity index (χ4v) is 3.58. The molecule has 0 bridgehead atoms. The number of hydrogen-bond acceptors (Lipinski definition) is 5. The molecule has 1 aliphatic rings. The number of pyridine rings is 1. The lowest BCUT2D eigenvalue weighted by atomic mass is 10.1. The third-order valence-electron chi connectivity index (χ3n) is 5.82. The summed E-state index contributed by atoms with van der Waals surface area (Å²) in [6.07, 6.45) is 4.00. The first kappa shape index (κ1) is 21.8. The van der Waals surface area contributed by atoms with E-state index in [9.17, 15) is 13.6 Å². The van der Waals surface area contributed by atoms with E-state index in [2.05, 4.69) is 16.5 Å². The first-order chi connectivity index (χ1) is 15.3. The van der Waals surface area contributed by atoms with Gasteiger partial charge in [0.05, 0.1) is 29.6 Å². The number of ether oxygens (including phenoxy) is 1. The van der Waals surface area contributed by atoms with Crippen molar-refractivity contribution in [3.05, 3.63) is 72.8 Å². The van der Waals surface area contributed by atoms with E-state index in [1.54, 1.807) is 11.9 Å². The van der Waals surface area contributed by atoms with Crippen LogP contribution in [0.25, 0.3) is 10.9 Å². The van der Waals surface area contributed by atoms with E-state index in [0.717, 1.165) is 23.0 Å². The number of fused-ring (bicyclic) bond motifs is 1. The number of aromatic nitrogens is 3. The van der Waals surface area contributed by atoms with Crippen LogP contribution in [0.2, 0.25) is 0 Å². The number of halogens is 2. The maximum atomic E-state index is 13.2. The molecule has 0 aliphatic heterocycles. The van der Waals surface area contributed by atoms with Crippen molar-refractivity contribution in [2.24, 2.45) is 5.92 Å². The van der Waals surface area contributed by atoms with E-state index in [0.29, 0.717) is 11.8 Å². The van der Waals surface area contributed by atoms with E-state index >= 15 is 0 Å². The van der Waals surface area contributed by atoms with Gasteiger partial charge in [0.1, 0.15) is 0 Å². The number of hydrogen-bond donors (Lipinski definition) is 0. The van der Waals surface area contributed by atoms with Crippen LogP contribution < -0.4 is 4.74 Å². The number of carbonyl (C=O) groups is 1. The smallest absolute Gasteiger partial charge is 0.299 e. The van der Waals surface area contributed by atoms with Crippen LogP contribution >= 0.6 is 0 Å². The molecule has 0 radical (unpaired) electrons. The van der Waals surface area contributed by atoms with Gasteiger partial charge >= 0.3 is 0 Å². The van der Waals surface area contributed by atoms with Crippen LogP contribution in [-0.2, 0) is 4.79 Å².